The summed E-state index contributed by atoms with van der Waals surface area (Å²) in [6.45, 7) is 2.61. The Balaban J connectivity index is 1.91. The van der Waals surface area contributed by atoms with E-state index < -0.39 is 11.7 Å². The number of methoxy groups -OCH3 is 1. The number of hydrogen-bond acceptors (Lipinski definition) is 7. The molecular formula is C22H24FN5O4. The number of aromatic nitrogens is 4. The van der Waals surface area contributed by atoms with Crippen LogP contribution < -0.4 is 4.74 Å². The molecule has 2 aromatic heterocycles. The number of carbonyl (C=O) groups excluding carboxylic acids is 1. The number of hydrogen-bond donors (Lipinski definition) is 1. The van der Waals surface area contributed by atoms with E-state index in [0.717, 1.165) is 0 Å². The van der Waals surface area contributed by atoms with Gasteiger partial charge in [0.15, 0.2) is 5.82 Å². The highest BCUT2D eigenvalue weighted by atomic mass is 19.1. The zero-order valence-electron chi connectivity index (χ0n) is 18.3. The minimum atomic E-state index is -1.74. The lowest BCUT2D eigenvalue weighted by atomic mass is 10.1. The number of rotatable bonds is 5. The third-order valence-electron chi connectivity index (χ3n) is 5.04. The van der Waals surface area contributed by atoms with Crippen molar-refractivity contribution in [1.82, 2.24) is 24.8 Å². The van der Waals surface area contributed by atoms with Gasteiger partial charge in [0.1, 0.15) is 5.82 Å². The molecule has 0 aliphatic carbocycles. The number of likely N-dealkylation sites (N-methyl/N-ethyl adjacent to an activating group) is 1. The van der Waals surface area contributed by atoms with Crippen LogP contribution in [0.5, 0.6) is 6.01 Å². The molecule has 9 nitrogen and oxygen atoms in total. The molecule has 0 spiro atoms. The van der Waals surface area contributed by atoms with Gasteiger partial charge in [-0.05, 0) is 30.3 Å². The number of amides is 1. The standard InChI is InChI=1S/C22H24FN5O4/c1-13-11-31-22(32-12-13,20(29)28(2)3)19-26-17(14-5-7-15(23)8-6-14)18(27-19)16-9-10-24-21(25-16)30-4/h5-10,13H,11-12H2,1-4H3,(H,26,27). The SMILES string of the molecule is COc1nccc(-c2[nH]c(C3(C(=O)N(C)C)OCC(C)CO3)nc2-c2ccc(F)cc2)n1. The molecule has 0 saturated carbocycles. The smallest absolute Gasteiger partial charge is 0.316 e. The fourth-order valence-corrected chi connectivity index (χ4v) is 3.37. The number of ether oxygens (including phenoxy) is 3. The van der Waals surface area contributed by atoms with Crippen molar-refractivity contribution in [3.8, 4) is 28.7 Å². The maximum absolute atomic E-state index is 13.6. The van der Waals surface area contributed by atoms with Crippen LogP contribution in [0.25, 0.3) is 22.6 Å². The fourth-order valence-electron chi connectivity index (χ4n) is 3.37. The molecule has 0 unspecified atom stereocenters. The minimum absolute atomic E-state index is 0.121. The number of halogens is 1. The summed E-state index contributed by atoms with van der Waals surface area (Å²) in [4.78, 5) is 30.9. The summed E-state index contributed by atoms with van der Waals surface area (Å²) in [6, 6.07) is 7.72. The lowest BCUT2D eigenvalue weighted by molar-refractivity contribution is -0.282. The van der Waals surface area contributed by atoms with Gasteiger partial charge in [-0.1, -0.05) is 6.92 Å². The first-order valence-electron chi connectivity index (χ1n) is 10.1. The third kappa shape index (κ3) is 3.94. The van der Waals surface area contributed by atoms with E-state index in [1.165, 1.54) is 24.1 Å². The van der Waals surface area contributed by atoms with Crippen molar-refractivity contribution in [2.45, 2.75) is 12.7 Å². The Morgan fingerprint density at radius 2 is 1.88 bits per heavy atom. The van der Waals surface area contributed by atoms with Gasteiger partial charge in [0, 0.05) is 31.8 Å². The first-order valence-corrected chi connectivity index (χ1v) is 10.1. The molecule has 1 N–H and O–H groups in total. The molecule has 1 saturated heterocycles. The van der Waals surface area contributed by atoms with Gasteiger partial charge in [0.2, 0.25) is 0 Å². The molecule has 0 atom stereocenters. The fraction of sp³-hybridized carbons (Fsp3) is 0.364. The Morgan fingerprint density at radius 1 is 1.19 bits per heavy atom. The van der Waals surface area contributed by atoms with Crippen LogP contribution in [0, 0.1) is 11.7 Å². The van der Waals surface area contributed by atoms with Gasteiger partial charge in [-0.2, -0.15) is 4.98 Å². The number of imidazole rings is 1. The van der Waals surface area contributed by atoms with Crippen LogP contribution in [0.1, 0.15) is 12.7 Å². The van der Waals surface area contributed by atoms with E-state index in [1.54, 1.807) is 38.5 Å². The van der Waals surface area contributed by atoms with E-state index in [-0.39, 0.29) is 23.6 Å². The number of benzene rings is 1. The molecule has 4 rings (SSSR count). The zero-order chi connectivity index (χ0) is 22.9. The van der Waals surface area contributed by atoms with Crippen molar-refractivity contribution in [2.75, 3.05) is 34.4 Å². The average molecular weight is 441 g/mol. The second-order valence-corrected chi connectivity index (χ2v) is 7.79. The predicted octanol–water partition coefficient (Wildman–Crippen LogP) is 2.61. The Labute approximate surface area is 184 Å². The number of nitrogens with zero attached hydrogens (tertiary/aromatic N) is 4. The van der Waals surface area contributed by atoms with Gasteiger partial charge in [0.25, 0.3) is 5.91 Å². The van der Waals surface area contributed by atoms with Crippen LogP contribution in [-0.2, 0) is 20.1 Å². The molecule has 32 heavy (non-hydrogen) atoms. The van der Waals surface area contributed by atoms with E-state index in [2.05, 4.69) is 19.9 Å². The van der Waals surface area contributed by atoms with Crippen LogP contribution in [0.3, 0.4) is 0 Å². The summed E-state index contributed by atoms with van der Waals surface area (Å²) in [7, 11) is 4.71. The Bertz CT molecular complexity index is 1110. The summed E-state index contributed by atoms with van der Waals surface area (Å²) >= 11 is 0. The van der Waals surface area contributed by atoms with Crippen molar-refractivity contribution >= 4 is 5.91 Å². The van der Waals surface area contributed by atoms with Crippen molar-refractivity contribution in [3.63, 3.8) is 0 Å². The number of aromatic amines is 1. The molecule has 1 aliphatic rings. The highest BCUT2D eigenvalue weighted by Gasteiger charge is 2.50. The lowest BCUT2D eigenvalue weighted by Gasteiger charge is -2.37. The van der Waals surface area contributed by atoms with Crippen LogP contribution in [0.2, 0.25) is 0 Å². The maximum Gasteiger partial charge on any atom is 0.316 e. The summed E-state index contributed by atoms with van der Waals surface area (Å²) in [5.74, 6) is -2.22. The normalized spacial score (nSPS) is 20.7. The highest BCUT2D eigenvalue weighted by Crippen LogP contribution is 2.37. The van der Waals surface area contributed by atoms with Gasteiger partial charge in [-0.3, -0.25) is 4.79 Å². The average Bonchev–Trinajstić information content (AvgIpc) is 3.26. The first kappa shape index (κ1) is 21.8. The van der Waals surface area contributed by atoms with E-state index in [0.29, 0.717) is 35.9 Å². The van der Waals surface area contributed by atoms with Crippen LogP contribution >= 0.6 is 0 Å². The van der Waals surface area contributed by atoms with Crippen LogP contribution in [0.4, 0.5) is 4.39 Å². The monoisotopic (exact) mass is 441 g/mol. The second-order valence-electron chi connectivity index (χ2n) is 7.79. The lowest BCUT2D eigenvalue weighted by Crippen LogP contribution is -2.52. The molecule has 1 fully saturated rings. The highest BCUT2D eigenvalue weighted by molar-refractivity contribution is 5.85. The van der Waals surface area contributed by atoms with E-state index in [1.807, 2.05) is 6.92 Å². The van der Waals surface area contributed by atoms with E-state index in [4.69, 9.17) is 14.2 Å². The summed E-state index contributed by atoms with van der Waals surface area (Å²) in [5.41, 5.74) is 2.05. The van der Waals surface area contributed by atoms with E-state index >= 15 is 0 Å². The Hall–Kier alpha value is -3.37. The molecule has 10 heteroatoms. The molecule has 3 heterocycles. The van der Waals surface area contributed by atoms with Gasteiger partial charge in [-0.25, -0.2) is 14.4 Å². The van der Waals surface area contributed by atoms with Crippen LogP contribution in [0.15, 0.2) is 36.5 Å². The molecule has 0 radical (unpaired) electrons. The van der Waals surface area contributed by atoms with Crippen molar-refractivity contribution in [2.24, 2.45) is 5.92 Å². The maximum atomic E-state index is 13.6. The summed E-state index contributed by atoms with van der Waals surface area (Å²) in [6.07, 6.45) is 1.55. The Morgan fingerprint density at radius 3 is 2.50 bits per heavy atom. The first-order chi connectivity index (χ1) is 15.3. The molecule has 168 valence electrons. The quantitative estimate of drug-likeness (QED) is 0.649. The summed E-state index contributed by atoms with van der Waals surface area (Å²) in [5, 5.41) is 0. The largest absolute Gasteiger partial charge is 0.467 e. The third-order valence-corrected chi connectivity index (χ3v) is 5.04. The van der Waals surface area contributed by atoms with Crippen LogP contribution in [-0.4, -0.2) is 65.2 Å². The molecule has 3 aromatic rings. The molecule has 1 aromatic carbocycles. The number of carbonyl (C=O) groups is 1. The second kappa shape index (κ2) is 8.64. The number of nitrogens with one attached hydrogen (secondary N) is 1. The molecule has 1 amide bonds. The summed E-state index contributed by atoms with van der Waals surface area (Å²) < 4.78 is 30.6. The molecule has 0 bridgehead atoms. The van der Waals surface area contributed by atoms with Crippen molar-refractivity contribution in [1.29, 1.82) is 0 Å². The topological polar surface area (TPSA) is 102 Å². The van der Waals surface area contributed by atoms with Gasteiger partial charge in [0.05, 0.1) is 37.4 Å². The van der Waals surface area contributed by atoms with Crippen molar-refractivity contribution in [3.05, 3.63) is 48.2 Å². The van der Waals surface area contributed by atoms with Gasteiger partial charge >= 0.3 is 11.8 Å². The van der Waals surface area contributed by atoms with Gasteiger partial charge in [-0.15, -0.1) is 0 Å². The van der Waals surface area contributed by atoms with Gasteiger partial charge < -0.3 is 24.1 Å². The number of H-pyrrole nitrogens is 1. The molecular weight excluding hydrogens is 417 g/mol. The predicted molar refractivity (Wildman–Crippen MR) is 113 cm³/mol. The zero-order valence-corrected chi connectivity index (χ0v) is 18.3. The molecule has 1 aliphatic heterocycles. The minimum Gasteiger partial charge on any atom is -0.467 e. The van der Waals surface area contributed by atoms with Crippen molar-refractivity contribution < 1.29 is 23.4 Å². The Kier molecular flexibility index (Phi) is 5.90. The van der Waals surface area contributed by atoms with E-state index in [9.17, 15) is 9.18 Å².